The van der Waals surface area contributed by atoms with Gasteiger partial charge in [0, 0.05) is 5.56 Å². The molecule has 0 atom stereocenters. The number of phenolic OH excluding ortho intramolecular Hbond substituents is 3. The fourth-order valence-corrected chi connectivity index (χ4v) is 1.81. The lowest BCUT2D eigenvalue weighted by Gasteiger charge is -2.05. The van der Waals surface area contributed by atoms with Gasteiger partial charge in [-0.25, -0.2) is 0 Å². The van der Waals surface area contributed by atoms with E-state index in [1.165, 1.54) is 6.07 Å². The Kier molecular flexibility index (Phi) is 4.83. The first-order valence-electron chi connectivity index (χ1n) is 6.49. The topological polar surface area (TPSA) is 60.7 Å². The summed E-state index contributed by atoms with van der Waals surface area (Å²) in [4.78, 5) is 0. The van der Waals surface area contributed by atoms with Crippen LogP contribution in [0.2, 0.25) is 0 Å². The van der Waals surface area contributed by atoms with Gasteiger partial charge in [0.25, 0.3) is 0 Å². The van der Waals surface area contributed by atoms with Gasteiger partial charge in [0.1, 0.15) is 5.75 Å². The highest BCUT2D eigenvalue weighted by atomic mass is 16.3. The Labute approximate surface area is 123 Å². The van der Waals surface area contributed by atoms with Crippen molar-refractivity contribution in [3.05, 3.63) is 78.9 Å². The minimum absolute atomic E-state index is 0.0706. The van der Waals surface area contributed by atoms with E-state index in [1.807, 2.05) is 36.4 Å². The number of para-hydroxylation sites is 2. The Balaban J connectivity index is 0.000000194. The number of rotatable bonds is 1. The summed E-state index contributed by atoms with van der Waals surface area (Å²) in [6.07, 6.45) is 0. The lowest BCUT2D eigenvalue weighted by molar-refractivity contribution is 0.405. The van der Waals surface area contributed by atoms with Crippen LogP contribution in [0.3, 0.4) is 0 Å². The summed E-state index contributed by atoms with van der Waals surface area (Å²) >= 11 is 0. The Morgan fingerprint density at radius 2 is 1.10 bits per heavy atom. The van der Waals surface area contributed by atoms with E-state index in [-0.39, 0.29) is 11.5 Å². The fraction of sp³-hybridized carbons (Fsp3) is 0. The minimum atomic E-state index is -0.0913. The van der Waals surface area contributed by atoms with Gasteiger partial charge in [-0.05, 0) is 23.8 Å². The average molecular weight is 280 g/mol. The zero-order valence-corrected chi connectivity index (χ0v) is 11.3. The molecule has 3 aromatic rings. The van der Waals surface area contributed by atoms with Crippen LogP contribution in [0, 0.1) is 0 Å². The number of phenols is 3. The smallest absolute Gasteiger partial charge is 0.165 e. The first-order chi connectivity index (χ1) is 10.2. The third-order valence-electron chi connectivity index (χ3n) is 2.86. The Bertz CT molecular complexity index is 679. The van der Waals surface area contributed by atoms with Crippen molar-refractivity contribution in [2.24, 2.45) is 0 Å². The summed E-state index contributed by atoms with van der Waals surface area (Å²) < 4.78 is 0. The van der Waals surface area contributed by atoms with Gasteiger partial charge in [-0.15, -0.1) is 0 Å². The molecular weight excluding hydrogens is 264 g/mol. The number of hydrogen-bond donors (Lipinski definition) is 3. The van der Waals surface area contributed by atoms with Crippen LogP contribution in [0.25, 0.3) is 11.1 Å². The molecule has 0 saturated heterocycles. The molecule has 106 valence electrons. The third-order valence-corrected chi connectivity index (χ3v) is 2.86. The van der Waals surface area contributed by atoms with Crippen LogP contribution in [0.5, 0.6) is 17.2 Å². The molecule has 0 amide bonds. The summed E-state index contributed by atoms with van der Waals surface area (Å²) in [5.74, 6) is 0.160. The van der Waals surface area contributed by atoms with Crippen LogP contribution >= 0.6 is 0 Å². The van der Waals surface area contributed by atoms with Gasteiger partial charge in [-0.2, -0.15) is 0 Å². The first-order valence-corrected chi connectivity index (χ1v) is 6.49. The van der Waals surface area contributed by atoms with Gasteiger partial charge in [-0.3, -0.25) is 0 Å². The van der Waals surface area contributed by atoms with E-state index >= 15 is 0 Å². The monoisotopic (exact) mass is 280 g/mol. The maximum atomic E-state index is 9.60. The highest BCUT2D eigenvalue weighted by Crippen LogP contribution is 2.35. The van der Waals surface area contributed by atoms with Crippen LogP contribution in [-0.4, -0.2) is 15.3 Å². The van der Waals surface area contributed by atoms with Crippen LogP contribution in [0.4, 0.5) is 0 Å². The van der Waals surface area contributed by atoms with E-state index in [1.54, 1.807) is 36.4 Å². The van der Waals surface area contributed by atoms with Gasteiger partial charge >= 0.3 is 0 Å². The largest absolute Gasteiger partial charge is 0.508 e. The molecule has 0 aliphatic carbocycles. The van der Waals surface area contributed by atoms with Crippen molar-refractivity contribution in [3.8, 4) is 28.4 Å². The van der Waals surface area contributed by atoms with Crippen LogP contribution in [-0.2, 0) is 0 Å². The van der Waals surface area contributed by atoms with E-state index in [0.717, 1.165) is 5.56 Å². The molecule has 0 fully saturated rings. The summed E-state index contributed by atoms with van der Waals surface area (Å²) in [6.45, 7) is 0. The van der Waals surface area contributed by atoms with Gasteiger partial charge in [-0.1, -0.05) is 60.7 Å². The van der Waals surface area contributed by atoms with Gasteiger partial charge in [0.05, 0.1) is 0 Å². The van der Waals surface area contributed by atoms with Crippen LogP contribution in [0.15, 0.2) is 78.9 Å². The molecule has 3 aromatic carbocycles. The molecule has 0 aliphatic rings. The molecule has 0 bridgehead atoms. The van der Waals surface area contributed by atoms with E-state index in [2.05, 4.69) is 0 Å². The lowest BCUT2D eigenvalue weighted by Crippen LogP contribution is -1.78. The average Bonchev–Trinajstić information content (AvgIpc) is 2.52. The molecule has 3 N–H and O–H groups in total. The maximum absolute atomic E-state index is 9.60. The molecule has 3 heteroatoms. The Hall–Kier alpha value is -2.94. The SMILES string of the molecule is Oc1cccc(-c2ccccc2)c1O.Oc1ccccc1. The molecule has 3 rings (SSSR count). The molecule has 0 unspecified atom stereocenters. The first kappa shape index (κ1) is 14.5. The van der Waals surface area contributed by atoms with E-state index < -0.39 is 0 Å². The molecule has 3 nitrogen and oxygen atoms in total. The highest BCUT2D eigenvalue weighted by Gasteiger charge is 2.06. The molecule has 0 radical (unpaired) electrons. The molecule has 0 saturated carbocycles. The van der Waals surface area contributed by atoms with Crippen molar-refractivity contribution in [3.63, 3.8) is 0 Å². The Morgan fingerprint density at radius 1 is 0.524 bits per heavy atom. The highest BCUT2D eigenvalue weighted by molar-refractivity contribution is 5.72. The van der Waals surface area contributed by atoms with Gasteiger partial charge < -0.3 is 15.3 Å². The summed E-state index contributed by atoms with van der Waals surface area (Å²) in [7, 11) is 0. The molecular formula is C18H16O3. The van der Waals surface area contributed by atoms with Crippen molar-refractivity contribution >= 4 is 0 Å². The van der Waals surface area contributed by atoms with Gasteiger partial charge in [0.15, 0.2) is 11.5 Å². The molecule has 0 aliphatic heterocycles. The van der Waals surface area contributed by atoms with Crippen LogP contribution in [0.1, 0.15) is 0 Å². The second kappa shape index (κ2) is 7.01. The molecule has 0 aromatic heterocycles. The molecule has 0 heterocycles. The molecule has 0 spiro atoms. The van der Waals surface area contributed by atoms with E-state index in [4.69, 9.17) is 5.11 Å². The van der Waals surface area contributed by atoms with Crippen molar-refractivity contribution < 1.29 is 15.3 Å². The summed E-state index contributed by atoms with van der Waals surface area (Å²) in [6, 6.07) is 23.1. The predicted molar refractivity (Wildman–Crippen MR) is 83.3 cm³/mol. The van der Waals surface area contributed by atoms with Crippen molar-refractivity contribution in [2.45, 2.75) is 0 Å². The van der Waals surface area contributed by atoms with E-state index in [9.17, 15) is 10.2 Å². The van der Waals surface area contributed by atoms with Crippen molar-refractivity contribution in [1.29, 1.82) is 0 Å². The van der Waals surface area contributed by atoms with E-state index in [0.29, 0.717) is 11.3 Å². The normalized spacial score (nSPS) is 9.52. The molecule has 21 heavy (non-hydrogen) atoms. The van der Waals surface area contributed by atoms with Crippen LogP contribution < -0.4 is 0 Å². The van der Waals surface area contributed by atoms with Crippen molar-refractivity contribution in [1.82, 2.24) is 0 Å². The summed E-state index contributed by atoms with van der Waals surface area (Å²) in [5, 5.41) is 27.5. The van der Waals surface area contributed by atoms with Gasteiger partial charge in [0.2, 0.25) is 0 Å². The van der Waals surface area contributed by atoms with Crippen molar-refractivity contribution in [2.75, 3.05) is 0 Å². The quantitative estimate of drug-likeness (QED) is 0.587. The fourth-order valence-electron chi connectivity index (χ4n) is 1.81. The second-order valence-electron chi connectivity index (χ2n) is 4.37. The Morgan fingerprint density at radius 3 is 1.62 bits per heavy atom. The second-order valence-corrected chi connectivity index (χ2v) is 4.37. The third kappa shape index (κ3) is 4.01. The zero-order chi connectivity index (χ0) is 15.1. The number of hydrogen-bond acceptors (Lipinski definition) is 3. The standard InChI is InChI=1S/C12H10O2.C6H6O/c13-11-8-4-7-10(12(11)14)9-5-2-1-3-6-9;7-6-4-2-1-3-5-6/h1-8,13-14H;1-5,7H. The summed E-state index contributed by atoms with van der Waals surface area (Å²) in [5.41, 5.74) is 1.53. The maximum Gasteiger partial charge on any atom is 0.165 e. The zero-order valence-electron chi connectivity index (χ0n) is 11.3. The lowest BCUT2D eigenvalue weighted by atomic mass is 10.0. The number of aromatic hydroxyl groups is 3. The number of benzene rings is 3. The predicted octanol–water partition coefficient (Wildman–Crippen LogP) is 4.16. The minimum Gasteiger partial charge on any atom is -0.508 e.